The fourth-order valence-electron chi connectivity index (χ4n) is 2.68. The summed E-state index contributed by atoms with van der Waals surface area (Å²) in [7, 11) is 0. The Morgan fingerprint density at radius 1 is 1.07 bits per heavy atom. The molecule has 0 saturated carbocycles. The highest BCUT2D eigenvalue weighted by atomic mass is 19.1. The van der Waals surface area contributed by atoms with Crippen LogP contribution in [0.2, 0.25) is 0 Å². The fraction of sp³-hybridized carbons (Fsp3) is 0.190. The number of halogens is 1. The minimum Gasteiger partial charge on any atom is -0.436 e. The van der Waals surface area contributed by atoms with Crippen LogP contribution in [0.25, 0.3) is 22.8 Å². The number of hydrogen-bond donors (Lipinski definition) is 2. The van der Waals surface area contributed by atoms with Crippen LogP contribution in [0.3, 0.4) is 0 Å². The molecule has 0 aliphatic carbocycles. The van der Waals surface area contributed by atoms with E-state index in [-0.39, 0.29) is 35.7 Å². The van der Waals surface area contributed by atoms with Crippen LogP contribution in [0.15, 0.2) is 59.1 Å². The number of aromatic nitrogens is 1. The van der Waals surface area contributed by atoms with Gasteiger partial charge in [0.2, 0.25) is 11.8 Å². The van der Waals surface area contributed by atoms with E-state index in [1.807, 2.05) is 13.8 Å². The summed E-state index contributed by atoms with van der Waals surface area (Å²) >= 11 is 0. The first-order valence-corrected chi connectivity index (χ1v) is 8.83. The highest BCUT2D eigenvalue weighted by Gasteiger charge is 2.18. The van der Waals surface area contributed by atoms with Gasteiger partial charge >= 0.3 is 0 Å². The minimum absolute atomic E-state index is 0.0131. The predicted molar refractivity (Wildman–Crippen MR) is 103 cm³/mol. The van der Waals surface area contributed by atoms with E-state index in [0.717, 1.165) is 0 Å². The standard InChI is InChI=1S/C21H20FN3O3/c1-13(2)25-19(26)12-23-20(27)14-7-3-4-8-15(14)21-24-11-18(28-21)16-9-5-6-10-17(16)22/h3-11,13H,12H2,1-2H3,(H,23,27)(H,25,26). The molecule has 3 aromatic rings. The average Bonchev–Trinajstić information content (AvgIpc) is 3.15. The third-order valence-corrected chi connectivity index (χ3v) is 3.91. The van der Waals surface area contributed by atoms with Gasteiger partial charge in [0.25, 0.3) is 5.91 Å². The lowest BCUT2D eigenvalue weighted by atomic mass is 10.1. The Morgan fingerprint density at radius 3 is 2.46 bits per heavy atom. The molecule has 0 fully saturated rings. The second-order valence-corrected chi connectivity index (χ2v) is 6.46. The lowest BCUT2D eigenvalue weighted by Crippen LogP contribution is -2.39. The van der Waals surface area contributed by atoms with Gasteiger partial charge in [0.05, 0.1) is 23.9 Å². The maximum absolute atomic E-state index is 14.0. The summed E-state index contributed by atoms with van der Waals surface area (Å²) < 4.78 is 19.7. The van der Waals surface area contributed by atoms with E-state index in [0.29, 0.717) is 11.1 Å². The molecule has 144 valence electrons. The molecule has 0 atom stereocenters. The van der Waals surface area contributed by atoms with Crippen molar-refractivity contribution in [1.29, 1.82) is 0 Å². The van der Waals surface area contributed by atoms with Gasteiger partial charge in [-0.25, -0.2) is 9.37 Å². The maximum atomic E-state index is 14.0. The number of rotatable bonds is 6. The summed E-state index contributed by atoms with van der Waals surface area (Å²) in [5, 5.41) is 5.28. The third-order valence-electron chi connectivity index (χ3n) is 3.91. The number of oxazole rings is 1. The second-order valence-electron chi connectivity index (χ2n) is 6.46. The zero-order valence-electron chi connectivity index (χ0n) is 15.5. The van der Waals surface area contributed by atoms with E-state index >= 15 is 0 Å². The van der Waals surface area contributed by atoms with Crippen LogP contribution in [0, 0.1) is 5.82 Å². The molecule has 0 aliphatic rings. The molecule has 1 aromatic heterocycles. The van der Waals surface area contributed by atoms with E-state index in [1.54, 1.807) is 42.5 Å². The highest BCUT2D eigenvalue weighted by molar-refractivity contribution is 6.01. The molecule has 0 radical (unpaired) electrons. The molecule has 1 heterocycles. The summed E-state index contributed by atoms with van der Waals surface area (Å²) in [6.07, 6.45) is 1.42. The number of benzene rings is 2. The lowest BCUT2D eigenvalue weighted by Gasteiger charge is -2.10. The SMILES string of the molecule is CC(C)NC(=O)CNC(=O)c1ccccc1-c1ncc(-c2ccccc2F)o1. The Labute approximate surface area is 161 Å². The van der Waals surface area contributed by atoms with E-state index in [4.69, 9.17) is 4.42 Å². The quantitative estimate of drug-likeness (QED) is 0.685. The van der Waals surface area contributed by atoms with Gasteiger partial charge in [-0.3, -0.25) is 9.59 Å². The number of amides is 2. The van der Waals surface area contributed by atoms with Crippen molar-refractivity contribution in [1.82, 2.24) is 15.6 Å². The van der Waals surface area contributed by atoms with Gasteiger partial charge in [-0.2, -0.15) is 0 Å². The van der Waals surface area contributed by atoms with Gasteiger partial charge in [-0.15, -0.1) is 0 Å². The molecule has 0 aliphatic heterocycles. The molecule has 0 bridgehead atoms. The first-order valence-electron chi connectivity index (χ1n) is 8.83. The Bertz CT molecular complexity index is 998. The maximum Gasteiger partial charge on any atom is 0.252 e. The molecule has 3 rings (SSSR count). The third kappa shape index (κ3) is 4.43. The first-order chi connectivity index (χ1) is 13.5. The van der Waals surface area contributed by atoms with Crippen molar-refractivity contribution < 1.29 is 18.4 Å². The zero-order valence-corrected chi connectivity index (χ0v) is 15.5. The van der Waals surface area contributed by atoms with Gasteiger partial charge < -0.3 is 15.1 Å². The van der Waals surface area contributed by atoms with Crippen molar-refractivity contribution in [2.45, 2.75) is 19.9 Å². The Balaban J connectivity index is 1.82. The molecule has 2 aromatic carbocycles. The van der Waals surface area contributed by atoms with Gasteiger partial charge in [0, 0.05) is 11.6 Å². The Morgan fingerprint density at radius 2 is 1.75 bits per heavy atom. The highest BCUT2D eigenvalue weighted by Crippen LogP contribution is 2.29. The van der Waals surface area contributed by atoms with Crippen LogP contribution in [0.5, 0.6) is 0 Å². The molecule has 6 nitrogen and oxygen atoms in total. The summed E-state index contributed by atoms with van der Waals surface area (Å²) in [6, 6.07) is 12.9. The van der Waals surface area contributed by atoms with Crippen LogP contribution in [0.1, 0.15) is 24.2 Å². The molecule has 7 heteroatoms. The normalized spacial score (nSPS) is 10.7. The summed E-state index contributed by atoms with van der Waals surface area (Å²) in [4.78, 5) is 28.5. The smallest absolute Gasteiger partial charge is 0.252 e. The number of nitrogens with one attached hydrogen (secondary N) is 2. The Kier molecular flexibility index (Phi) is 5.84. The number of hydrogen-bond acceptors (Lipinski definition) is 4. The van der Waals surface area contributed by atoms with Crippen LogP contribution >= 0.6 is 0 Å². The average molecular weight is 381 g/mol. The van der Waals surface area contributed by atoms with Crippen molar-refractivity contribution >= 4 is 11.8 Å². The second kappa shape index (κ2) is 8.47. The molecule has 0 spiro atoms. The molecule has 2 N–H and O–H groups in total. The summed E-state index contributed by atoms with van der Waals surface area (Å²) in [5.41, 5.74) is 1.04. The predicted octanol–water partition coefficient (Wildman–Crippen LogP) is 3.40. The minimum atomic E-state index is -0.430. The molecule has 28 heavy (non-hydrogen) atoms. The van der Waals surface area contributed by atoms with E-state index < -0.39 is 11.7 Å². The fourth-order valence-corrected chi connectivity index (χ4v) is 2.68. The zero-order chi connectivity index (χ0) is 20.1. The molecular formula is C21H20FN3O3. The van der Waals surface area contributed by atoms with Gasteiger partial charge in [-0.1, -0.05) is 24.3 Å². The molecular weight excluding hydrogens is 361 g/mol. The van der Waals surface area contributed by atoms with Crippen LogP contribution in [0.4, 0.5) is 4.39 Å². The van der Waals surface area contributed by atoms with Crippen LogP contribution < -0.4 is 10.6 Å². The van der Waals surface area contributed by atoms with Crippen molar-refractivity contribution in [2.24, 2.45) is 0 Å². The lowest BCUT2D eigenvalue weighted by molar-refractivity contribution is -0.120. The van der Waals surface area contributed by atoms with E-state index in [9.17, 15) is 14.0 Å². The largest absolute Gasteiger partial charge is 0.436 e. The number of nitrogens with zero attached hydrogens (tertiary/aromatic N) is 1. The first kappa shape index (κ1) is 19.3. The number of carbonyl (C=O) groups excluding carboxylic acids is 2. The van der Waals surface area contributed by atoms with Crippen molar-refractivity contribution in [3.63, 3.8) is 0 Å². The summed E-state index contributed by atoms with van der Waals surface area (Å²) in [6.45, 7) is 3.53. The molecule has 2 amide bonds. The topological polar surface area (TPSA) is 84.2 Å². The van der Waals surface area contributed by atoms with Crippen molar-refractivity contribution in [3.8, 4) is 22.8 Å². The molecule has 0 saturated heterocycles. The summed E-state index contributed by atoms with van der Waals surface area (Å²) in [5.74, 6) is -0.679. The van der Waals surface area contributed by atoms with Crippen LogP contribution in [-0.2, 0) is 4.79 Å². The van der Waals surface area contributed by atoms with Gasteiger partial charge in [0.1, 0.15) is 5.82 Å². The van der Waals surface area contributed by atoms with Gasteiger partial charge in [-0.05, 0) is 38.1 Å². The van der Waals surface area contributed by atoms with Crippen molar-refractivity contribution in [2.75, 3.05) is 6.54 Å². The van der Waals surface area contributed by atoms with Gasteiger partial charge in [0.15, 0.2) is 5.76 Å². The van der Waals surface area contributed by atoms with Crippen molar-refractivity contribution in [3.05, 3.63) is 66.1 Å². The van der Waals surface area contributed by atoms with E-state index in [1.165, 1.54) is 12.3 Å². The van der Waals surface area contributed by atoms with E-state index in [2.05, 4.69) is 15.6 Å². The van der Waals surface area contributed by atoms with Crippen LogP contribution in [-0.4, -0.2) is 29.4 Å². The molecule has 0 unspecified atom stereocenters. The Hall–Kier alpha value is -3.48. The number of carbonyl (C=O) groups is 2. The monoisotopic (exact) mass is 381 g/mol.